The molecule has 138 valence electrons. The molecule has 0 unspecified atom stereocenters. The highest BCUT2D eigenvalue weighted by atomic mass is 35.5. The Balaban J connectivity index is 1.73. The van der Waals surface area contributed by atoms with E-state index in [0.29, 0.717) is 16.1 Å². The van der Waals surface area contributed by atoms with Gasteiger partial charge in [-0.2, -0.15) is 0 Å². The Morgan fingerprint density at radius 2 is 2.07 bits per heavy atom. The van der Waals surface area contributed by atoms with Crippen molar-refractivity contribution < 1.29 is 9.72 Å². The number of nitrogens with zero attached hydrogens (tertiary/aromatic N) is 3. The van der Waals surface area contributed by atoms with Crippen molar-refractivity contribution in [2.24, 2.45) is 7.05 Å². The minimum atomic E-state index is -0.570. The van der Waals surface area contributed by atoms with Crippen LogP contribution in [0.1, 0.15) is 0 Å². The van der Waals surface area contributed by atoms with Gasteiger partial charge in [0.25, 0.3) is 11.2 Å². The molecular weight excluding hydrogens is 392 g/mol. The molecular formula is C17H13ClN4O4S. The third-order valence-electron chi connectivity index (χ3n) is 3.71. The van der Waals surface area contributed by atoms with E-state index in [1.54, 1.807) is 31.3 Å². The summed E-state index contributed by atoms with van der Waals surface area (Å²) in [7, 11) is 1.59. The molecule has 0 saturated heterocycles. The van der Waals surface area contributed by atoms with Crippen molar-refractivity contribution >= 4 is 51.5 Å². The third-order valence-corrected chi connectivity index (χ3v) is 5.05. The maximum Gasteiger partial charge on any atom is 0.271 e. The Labute approximate surface area is 162 Å². The van der Waals surface area contributed by atoms with Crippen molar-refractivity contribution in [1.82, 2.24) is 9.55 Å². The number of rotatable bonds is 5. The van der Waals surface area contributed by atoms with E-state index in [2.05, 4.69) is 10.3 Å². The number of nitro groups is 1. The van der Waals surface area contributed by atoms with E-state index in [1.165, 1.54) is 22.8 Å². The number of para-hydroxylation sites is 1. The van der Waals surface area contributed by atoms with Gasteiger partial charge in [-0.25, -0.2) is 4.98 Å². The van der Waals surface area contributed by atoms with Gasteiger partial charge in [0, 0.05) is 19.2 Å². The second kappa shape index (κ2) is 7.77. The highest BCUT2D eigenvalue weighted by molar-refractivity contribution is 7.99. The predicted molar refractivity (Wildman–Crippen MR) is 104 cm³/mol. The van der Waals surface area contributed by atoms with Crippen LogP contribution in [0, 0.1) is 10.1 Å². The summed E-state index contributed by atoms with van der Waals surface area (Å²) in [5.74, 6) is -0.385. The summed E-state index contributed by atoms with van der Waals surface area (Å²) >= 11 is 7.07. The lowest BCUT2D eigenvalue weighted by Crippen LogP contribution is -2.21. The van der Waals surface area contributed by atoms with Crippen LogP contribution in [0.3, 0.4) is 0 Å². The predicted octanol–water partition coefficient (Wildman–Crippen LogP) is 3.23. The number of carbonyl (C=O) groups is 1. The number of nitrogens with one attached hydrogen (secondary N) is 1. The minimum absolute atomic E-state index is 0.00800. The van der Waals surface area contributed by atoms with Gasteiger partial charge in [-0.15, -0.1) is 0 Å². The second-order valence-electron chi connectivity index (χ2n) is 5.53. The monoisotopic (exact) mass is 404 g/mol. The zero-order chi connectivity index (χ0) is 19.6. The number of nitro benzene ring substituents is 1. The number of fused-ring (bicyclic) bond motifs is 1. The highest BCUT2D eigenvalue weighted by Crippen LogP contribution is 2.27. The number of hydrogen-bond acceptors (Lipinski definition) is 6. The van der Waals surface area contributed by atoms with E-state index in [4.69, 9.17) is 11.6 Å². The molecule has 27 heavy (non-hydrogen) atoms. The number of anilines is 1. The van der Waals surface area contributed by atoms with Gasteiger partial charge in [0.2, 0.25) is 5.91 Å². The zero-order valence-corrected chi connectivity index (χ0v) is 15.6. The van der Waals surface area contributed by atoms with Crippen LogP contribution in [0.25, 0.3) is 10.9 Å². The van der Waals surface area contributed by atoms with E-state index in [1.807, 2.05) is 0 Å². The maximum atomic E-state index is 12.4. The lowest BCUT2D eigenvalue weighted by molar-refractivity contribution is -0.384. The fraction of sp³-hybridized carbons (Fsp3) is 0.118. The molecule has 0 aliphatic carbocycles. The summed E-state index contributed by atoms with van der Waals surface area (Å²) in [6, 6.07) is 10.8. The first-order valence-corrected chi connectivity index (χ1v) is 9.05. The lowest BCUT2D eigenvalue weighted by Gasteiger charge is -2.09. The largest absolute Gasteiger partial charge is 0.324 e. The molecule has 0 atom stereocenters. The second-order valence-corrected chi connectivity index (χ2v) is 6.88. The summed E-state index contributed by atoms with van der Waals surface area (Å²) < 4.78 is 1.39. The fourth-order valence-corrected chi connectivity index (χ4v) is 3.36. The van der Waals surface area contributed by atoms with Crippen LogP contribution in [0.15, 0.2) is 52.4 Å². The molecule has 8 nitrogen and oxygen atoms in total. The number of amides is 1. The average molecular weight is 405 g/mol. The lowest BCUT2D eigenvalue weighted by atomic mass is 10.2. The number of halogens is 1. The molecule has 0 radical (unpaired) electrons. The van der Waals surface area contributed by atoms with Gasteiger partial charge in [-0.1, -0.05) is 35.5 Å². The van der Waals surface area contributed by atoms with E-state index in [-0.39, 0.29) is 33.6 Å². The molecule has 0 aliphatic rings. The molecule has 2 aromatic carbocycles. The van der Waals surface area contributed by atoms with E-state index in [9.17, 15) is 19.7 Å². The van der Waals surface area contributed by atoms with Crippen LogP contribution in [-0.4, -0.2) is 26.1 Å². The van der Waals surface area contributed by atoms with Crippen molar-refractivity contribution in [1.29, 1.82) is 0 Å². The molecule has 0 aliphatic heterocycles. The first-order valence-electron chi connectivity index (χ1n) is 7.69. The Morgan fingerprint density at radius 3 is 2.78 bits per heavy atom. The summed E-state index contributed by atoms with van der Waals surface area (Å²) in [5.41, 5.74) is 0.472. The summed E-state index contributed by atoms with van der Waals surface area (Å²) in [6.07, 6.45) is 0. The zero-order valence-electron chi connectivity index (χ0n) is 14.0. The van der Waals surface area contributed by atoms with Crippen LogP contribution >= 0.6 is 23.4 Å². The van der Waals surface area contributed by atoms with Crippen molar-refractivity contribution in [2.75, 3.05) is 11.1 Å². The molecule has 0 fully saturated rings. The number of hydrogen-bond donors (Lipinski definition) is 1. The first kappa shape index (κ1) is 18.9. The Morgan fingerprint density at radius 1 is 1.33 bits per heavy atom. The number of non-ortho nitro benzene ring substituents is 1. The van der Waals surface area contributed by atoms with Crippen LogP contribution in [0.5, 0.6) is 0 Å². The molecule has 1 heterocycles. The molecule has 3 rings (SSSR count). The van der Waals surface area contributed by atoms with Gasteiger partial charge in [-0.05, 0) is 18.2 Å². The van der Waals surface area contributed by atoms with Crippen LogP contribution in [0.4, 0.5) is 11.4 Å². The van der Waals surface area contributed by atoms with Gasteiger partial charge in [0.15, 0.2) is 5.16 Å². The minimum Gasteiger partial charge on any atom is -0.324 e. The van der Waals surface area contributed by atoms with Crippen molar-refractivity contribution in [3.8, 4) is 0 Å². The van der Waals surface area contributed by atoms with Crippen LogP contribution < -0.4 is 10.9 Å². The topological polar surface area (TPSA) is 107 Å². The van der Waals surface area contributed by atoms with Crippen LogP contribution in [0.2, 0.25) is 5.02 Å². The fourth-order valence-electron chi connectivity index (χ4n) is 2.36. The van der Waals surface area contributed by atoms with Gasteiger partial charge in [-0.3, -0.25) is 24.3 Å². The smallest absolute Gasteiger partial charge is 0.271 e. The number of carbonyl (C=O) groups excluding carboxylic acids is 1. The molecule has 1 aromatic heterocycles. The molecule has 10 heteroatoms. The number of aromatic nitrogens is 2. The Hall–Kier alpha value is -2.91. The number of thioether (sulfide) groups is 1. The summed E-state index contributed by atoms with van der Waals surface area (Å²) in [6.45, 7) is 0. The van der Waals surface area contributed by atoms with Crippen molar-refractivity contribution in [2.45, 2.75) is 5.16 Å². The van der Waals surface area contributed by atoms with Crippen LogP contribution in [-0.2, 0) is 11.8 Å². The summed E-state index contributed by atoms with van der Waals surface area (Å²) in [5, 5.41) is 14.3. The molecule has 1 amide bonds. The third kappa shape index (κ3) is 4.09. The first-order chi connectivity index (χ1) is 12.9. The quantitative estimate of drug-likeness (QED) is 0.303. The van der Waals surface area contributed by atoms with E-state index >= 15 is 0 Å². The molecule has 3 aromatic rings. The average Bonchev–Trinajstić information content (AvgIpc) is 2.65. The Bertz CT molecular complexity index is 1120. The molecule has 0 spiro atoms. The molecule has 0 saturated carbocycles. The van der Waals surface area contributed by atoms with Crippen molar-refractivity contribution in [3.05, 3.63) is 68.0 Å². The number of benzene rings is 2. The van der Waals surface area contributed by atoms with Gasteiger partial charge in [0.05, 0.1) is 32.3 Å². The normalized spacial score (nSPS) is 10.7. The summed E-state index contributed by atoms with van der Waals surface area (Å²) in [4.78, 5) is 39.1. The van der Waals surface area contributed by atoms with E-state index < -0.39 is 4.92 Å². The molecule has 0 bridgehead atoms. The Kier molecular flexibility index (Phi) is 5.43. The van der Waals surface area contributed by atoms with Gasteiger partial charge < -0.3 is 5.32 Å². The molecule has 1 N–H and O–H groups in total. The SMILES string of the molecule is Cn1c(SCC(=O)Nc2ccc([N+](=O)[O-])cc2Cl)nc2ccccc2c1=O. The maximum absolute atomic E-state index is 12.4. The van der Waals surface area contributed by atoms with E-state index in [0.717, 1.165) is 11.8 Å². The van der Waals surface area contributed by atoms with Crippen molar-refractivity contribution in [3.63, 3.8) is 0 Å². The standard InChI is InChI=1S/C17H13ClN4O4S/c1-21-16(24)11-4-2-3-5-13(11)20-17(21)27-9-15(23)19-14-7-6-10(22(25)26)8-12(14)18/h2-8H,9H2,1H3,(H,19,23). The highest BCUT2D eigenvalue weighted by Gasteiger charge is 2.14. The van der Waals surface area contributed by atoms with Gasteiger partial charge in [0.1, 0.15) is 0 Å². The van der Waals surface area contributed by atoms with Gasteiger partial charge >= 0.3 is 0 Å².